The van der Waals surface area contributed by atoms with E-state index in [1.165, 1.54) is 0 Å². The van der Waals surface area contributed by atoms with Crippen LogP contribution < -0.4 is 4.90 Å². The number of piperidine rings is 1. The molecule has 0 radical (unpaired) electrons. The van der Waals surface area contributed by atoms with Crippen LogP contribution in [0.25, 0.3) is 11.3 Å². The van der Waals surface area contributed by atoms with Crippen molar-refractivity contribution in [1.82, 2.24) is 10.1 Å². The average molecular weight is 461 g/mol. The molecule has 6 nitrogen and oxygen atoms in total. The monoisotopic (exact) mass is 460 g/mol. The van der Waals surface area contributed by atoms with Crippen LogP contribution in [-0.4, -0.2) is 28.3 Å². The standard InChI is InChI=1S/C26H25ClN4O2/c27-23-4-2-1-3-21(23)25-22(26(33-30-25)17-6-7-17)15-32-20-11-18-8-9-19(12-20)31(18)24-10-5-16(13-28)14-29-24/h1-5,10,14,17-20H,6-9,11-12,15H2/t18-,19+,20?. The van der Waals surface area contributed by atoms with Gasteiger partial charge in [0.2, 0.25) is 0 Å². The van der Waals surface area contributed by atoms with Crippen LogP contribution in [-0.2, 0) is 11.3 Å². The van der Waals surface area contributed by atoms with Gasteiger partial charge >= 0.3 is 0 Å². The summed E-state index contributed by atoms with van der Waals surface area (Å²) in [6, 6.07) is 14.6. The van der Waals surface area contributed by atoms with Gasteiger partial charge in [0.25, 0.3) is 0 Å². The van der Waals surface area contributed by atoms with Crippen molar-refractivity contribution in [3.05, 3.63) is 64.5 Å². The maximum atomic E-state index is 9.05. The number of fused-ring (bicyclic) bond motifs is 2. The van der Waals surface area contributed by atoms with Gasteiger partial charge in [0.1, 0.15) is 23.3 Å². The zero-order valence-electron chi connectivity index (χ0n) is 18.3. The first kappa shape index (κ1) is 20.7. The smallest absolute Gasteiger partial charge is 0.145 e. The molecule has 3 atom stereocenters. The molecule has 2 saturated heterocycles. The topological polar surface area (TPSA) is 75.2 Å². The summed E-state index contributed by atoms with van der Waals surface area (Å²) in [5, 5.41) is 14.1. The van der Waals surface area contributed by atoms with E-state index < -0.39 is 0 Å². The van der Waals surface area contributed by atoms with Crippen LogP contribution in [0.3, 0.4) is 0 Å². The number of hydrogen-bond acceptors (Lipinski definition) is 6. The number of benzene rings is 1. The van der Waals surface area contributed by atoms with Gasteiger partial charge in [0.15, 0.2) is 0 Å². The molecule has 6 rings (SSSR count). The minimum Gasteiger partial charge on any atom is -0.373 e. The van der Waals surface area contributed by atoms with E-state index in [-0.39, 0.29) is 6.10 Å². The maximum Gasteiger partial charge on any atom is 0.145 e. The lowest BCUT2D eigenvalue weighted by Crippen LogP contribution is -2.46. The second kappa shape index (κ2) is 8.48. The molecule has 2 bridgehead atoms. The van der Waals surface area contributed by atoms with E-state index in [2.05, 4.69) is 21.1 Å². The van der Waals surface area contributed by atoms with E-state index in [1.807, 2.05) is 36.4 Å². The van der Waals surface area contributed by atoms with Crippen molar-refractivity contribution in [2.45, 2.75) is 69.2 Å². The Bertz CT molecular complexity index is 1180. The summed E-state index contributed by atoms with van der Waals surface area (Å²) in [6.45, 7) is 0.495. The van der Waals surface area contributed by atoms with Gasteiger partial charge in [-0.25, -0.2) is 4.98 Å². The Kier molecular flexibility index (Phi) is 5.32. The van der Waals surface area contributed by atoms with Gasteiger partial charge in [0.05, 0.1) is 23.3 Å². The average Bonchev–Trinajstić information content (AvgIpc) is 3.55. The third kappa shape index (κ3) is 3.90. The summed E-state index contributed by atoms with van der Waals surface area (Å²) >= 11 is 6.47. The summed E-state index contributed by atoms with van der Waals surface area (Å²) in [6.07, 6.45) is 8.40. The van der Waals surface area contributed by atoms with Crippen LogP contribution in [0.2, 0.25) is 5.02 Å². The maximum absolute atomic E-state index is 9.05. The van der Waals surface area contributed by atoms with E-state index >= 15 is 0 Å². The predicted molar refractivity (Wildman–Crippen MR) is 125 cm³/mol. The van der Waals surface area contributed by atoms with Crippen molar-refractivity contribution in [2.24, 2.45) is 0 Å². The highest BCUT2D eigenvalue weighted by molar-refractivity contribution is 6.33. The number of nitriles is 1. The van der Waals surface area contributed by atoms with Crippen LogP contribution in [0.1, 0.15) is 61.3 Å². The number of hydrogen-bond donors (Lipinski definition) is 0. The highest BCUT2D eigenvalue weighted by Gasteiger charge is 2.42. The molecule has 0 amide bonds. The Morgan fingerprint density at radius 3 is 2.55 bits per heavy atom. The Morgan fingerprint density at radius 2 is 1.88 bits per heavy atom. The van der Waals surface area contributed by atoms with Gasteiger partial charge in [0, 0.05) is 35.3 Å². The molecule has 33 heavy (non-hydrogen) atoms. The normalized spacial score (nSPS) is 24.1. The van der Waals surface area contributed by atoms with E-state index in [4.69, 9.17) is 26.1 Å². The van der Waals surface area contributed by atoms with Gasteiger partial charge in [-0.3, -0.25) is 0 Å². The quantitative estimate of drug-likeness (QED) is 0.459. The molecule has 168 valence electrons. The molecule has 3 aromatic rings. The number of anilines is 1. The number of halogens is 1. The van der Waals surface area contributed by atoms with E-state index in [9.17, 15) is 0 Å². The number of rotatable bonds is 6. The second-order valence-corrected chi connectivity index (χ2v) is 9.75. The number of pyridine rings is 1. The molecular formula is C26H25ClN4O2. The van der Waals surface area contributed by atoms with Crippen molar-refractivity contribution in [1.29, 1.82) is 5.26 Å². The summed E-state index contributed by atoms with van der Waals surface area (Å²) in [7, 11) is 0. The van der Waals surface area contributed by atoms with Crippen molar-refractivity contribution < 1.29 is 9.26 Å². The van der Waals surface area contributed by atoms with Gasteiger partial charge < -0.3 is 14.2 Å². The minimum absolute atomic E-state index is 0.193. The highest BCUT2D eigenvalue weighted by Crippen LogP contribution is 2.45. The minimum atomic E-state index is 0.193. The number of ether oxygens (including phenoxy) is 1. The molecule has 1 saturated carbocycles. The first-order valence-electron chi connectivity index (χ1n) is 11.7. The molecule has 7 heteroatoms. The van der Waals surface area contributed by atoms with Gasteiger partial charge in [-0.2, -0.15) is 5.26 Å². The first-order valence-corrected chi connectivity index (χ1v) is 12.1. The molecule has 0 N–H and O–H groups in total. The van der Waals surface area contributed by atoms with Crippen LogP contribution >= 0.6 is 11.6 Å². The summed E-state index contributed by atoms with van der Waals surface area (Å²) in [4.78, 5) is 6.98. The first-order chi connectivity index (χ1) is 16.2. The molecule has 2 aliphatic heterocycles. The predicted octanol–water partition coefficient (Wildman–Crippen LogP) is 5.86. The van der Waals surface area contributed by atoms with Gasteiger partial charge in [-0.1, -0.05) is 35.0 Å². The fourth-order valence-electron chi connectivity index (χ4n) is 5.44. The molecular weight excluding hydrogens is 436 g/mol. The molecule has 4 heterocycles. The fraction of sp³-hybridized carbons (Fsp3) is 0.423. The largest absolute Gasteiger partial charge is 0.373 e. The van der Waals surface area contributed by atoms with Gasteiger partial charge in [-0.05, 0) is 56.7 Å². The third-order valence-electron chi connectivity index (χ3n) is 7.19. The molecule has 1 unspecified atom stereocenters. The molecule has 1 aliphatic carbocycles. The Labute approximate surface area is 198 Å². The zero-order valence-corrected chi connectivity index (χ0v) is 19.0. The lowest BCUT2D eigenvalue weighted by atomic mass is 9.99. The van der Waals surface area contributed by atoms with Crippen molar-refractivity contribution in [2.75, 3.05) is 4.90 Å². The van der Waals surface area contributed by atoms with Crippen LogP contribution in [0, 0.1) is 11.3 Å². The fourth-order valence-corrected chi connectivity index (χ4v) is 5.66. The van der Waals surface area contributed by atoms with Crippen molar-refractivity contribution in [3.8, 4) is 17.3 Å². The molecule has 3 aliphatic rings. The van der Waals surface area contributed by atoms with E-state index in [0.717, 1.165) is 66.9 Å². The second-order valence-electron chi connectivity index (χ2n) is 9.34. The number of aromatic nitrogens is 2. The van der Waals surface area contributed by atoms with Crippen LogP contribution in [0.4, 0.5) is 5.82 Å². The zero-order chi connectivity index (χ0) is 22.4. The Hall–Kier alpha value is -2.88. The summed E-state index contributed by atoms with van der Waals surface area (Å²) < 4.78 is 12.3. The Balaban J connectivity index is 1.19. The molecule has 2 aromatic heterocycles. The molecule has 3 fully saturated rings. The van der Waals surface area contributed by atoms with E-state index in [1.54, 1.807) is 6.20 Å². The molecule has 0 spiro atoms. The number of nitrogens with zero attached hydrogens (tertiary/aromatic N) is 4. The van der Waals surface area contributed by atoms with Crippen molar-refractivity contribution in [3.63, 3.8) is 0 Å². The van der Waals surface area contributed by atoms with Gasteiger partial charge in [-0.15, -0.1) is 0 Å². The van der Waals surface area contributed by atoms with Crippen LogP contribution in [0.15, 0.2) is 47.1 Å². The van der Waals surface area contributed by atoms with E-state index in [0.29, 0.717) is 35.2 Å². The Morgan fingerprint density at radius 1 is 1.09 bits per heavy atom. The molecule has 1 aromatic carbocycles. The lowest BCUT2D eigenvalue weighted by molar-refractivity contribution is 0.0146. The SMILES string of the molecule is N#Cc1ccc(N2[C@@H]3CC[C@H]2CC(OCc2c(-c4ccccc4Cl)noc2C2CC2)C3)nc1. The van der Waals surface area contributed by atoms with Crippen LogP contribution in [0.5, 0.6) is 0 Å². The highest BCUT2D eigenvalue weighted by atomic mass is 35.5. The lowest BCUT2D eigenvalue weighted by Gasteiger charge is -2.39. The summed E-state index contributed by atoms with van der Waals surface area (Å²) in [5.74, 6) is 2.39. The third-order valence-corrected chi connectivity index (χ3v) is 7.52. The summed E-state index contributed by atoms with van der Waals surface area (Å²) in [5.41, 5.74) is 3.35. The van der Waals surface area contributed by atoms with Crippen molar-refractivity contribution >= 4 is 17.4 Å².